The number of hydrogen-bond acceptors (Lipinski definition) is 5. The molecular formula is C12H23NO5. The van der Waals surface area contributed by atoms with Gasteiger partial charge in [-0.2, -0.15) is 0 Å². The molecule has 0 aromatic rings. The molecule has 1 amide bonds. The SMILES string of the molecule is CCOC(OCC)C(O)CC(=O)N1CCOCC1. The molecule has 1 unspecified atom stereocenters. The number of amides is 1. The van der Waals surface area contributed by atoms with Crippen LogP contribution < -0.4 is 0 Å². The maximum Gasteiger partial charge on any atom is 0.225 e. The molecule has 0 aromatic heterocycles. The molecule has 1 rings (SSSR count). The average Bonchev–Trinajstić information content (AvgIpc) is 2.39. The molecule has 1 N–H and O–H groups in total. The van der Waals surface area contributed by atoms with E-state index in [9.17, 15) is 9.90 Å². The normalized spacial score (nSPS) is 18.1. The zero-order valence-corrected chi connectivity index (χ0v) is 11.1. The van der Waals surface area contributed by atoms with Gasteiger partial charge in [0.15, 0.2) is 6.29 Å². The molecule has 0 bridgehead atoms. The average molecular weight is 261 g/mol. The van der Waals surface area contributed by atoms with E-state index in [-0.39, 0.29) is 12.3 Å². The van der Waals surface area contributed by atoms with E-state index in [1.165, 1.54) is 0 Å². The minimum absolute atomic E-state index is 0.0185. The van der Waals surface area contributed by atoms with Gasteiger partial charge in [-0.1, -0.05) is 0 Å². The molecule has 6 nitrogen and oxygen atoms in total. The van der Waals surface area contributed by atoms with Gasteiger partial charge in [0.1, 0.15) is 6.10 Å². The van der Waals surface area contributed by atoms with Gasteiger partial charge in [0.25, 0.3) is 0 Å². The Morgan fingerprint density at radius 1 is 1.28 bits per heavy atom. The molecule has 0 radical (unpaired) electrons. The van der Waals surface area contributed by atoms with Crippen LogP contribution in [0.2, 0.25) is 0 Å². The molecule has 0 aliphatic carbocycles. The quantitative estimate of drug-likeness (QED) is 0.653. The Hall–Kier alpha value is -0.690. The van der Waals surface area contributed by atoms with Gasteiger partial charge >= 0.3 is 0 Å². The third-order valence-electron chi connectivity index (χ3n) is 2.72. The van der Waals surface area contributed by atoms with E-state index in [1.807, 2.05) is 13.8 Å². The number of nitrogens with zero attached hydrogens (tertiary/aromatic N) is 1. The molecule has 0 spiro atoms. The Labute approximate surface area is 108 Å². The van der Waals surface area contributed by atoms with Gasteiger partial charge in [-0.3, -0.25) is 4.79 Å². The molecule has 1 saturated heterocycles. The Bertz CT molecular complexity index is 237. The molecule has 18 heavy (non-hydrogen) atoms. The lowest BCUT2D eigenvalue weighted by Crippen LogP contribution is -2.44. The van der Waals surface area contributed by atoms with Crippen LogP contribution in [0, 0.1) is 0 Å². The summed E-state index contributed by atoms with van der Waals surface area (Å²) in [5.41, 5.74) is 0. The topological polar surface area (TPSA) is 68.2 Å². The van der Waals surface area contributed by atoms with Crippen molar-refractivity contribution < 1.29 is 24.1 Å². The summed E-state index contributed by atoms with van der Waals surface area (Å²) in [6, 6.07) is 0. The number of aliphatic hydroxyl groups is 1. The first-order valence-corrected chi connectivity index (χ1v) is 6.45. The highest BCUT2D eigenvalue weighted by atomic mass is 16.7. The predicted octanol–water partition coefficient (Wildman–Crippen LogP) is -0.00470. The fourth-order valence-electron chi connectivity index (χ4n) is 1.82. The Balaban J connectivity index is 2.40. The first kappa shape index (κ1) is 15.4. The maximum absolute atomic E-state index is 11.9. The molecule has 6 heteroatoms. The lowest BCUT2D eigenvalue weighted by molar-refractivity contribution is -0.193. The molecule has 1 fully saturated rings. The van der Waals surface area contributed by atoms with Crippen molar-refractivity contribution >= 4 is 5.91 Å². The summed E-state index contributed by atoms with van der Waals surface area (Å²) in [4.78, 5) is 13.6. The van der Waals surface area contributed by atoms with Crippen LogP contribution in [0.15, 0.2) is 0 Å². The standard InChI is InChI=1S/C12H23NO5/c1-3-17-12(18-4-2)10(14)9-11(15)13-5-7-16-8-6-13/h10,12,14H,3-9H2,1-2H3. The first-order valence-electron chi connectivity index (χ1n) is 6.45. The van der Waals surface area contributed by atoms with Crippen LogP contribution in [-0.2, 0) is 19.0 Å². The summed E-state index contributed by atoms with van der Waals surface area (Å²) in [6.07, 6.45) is -1.64. The number of aliphatic hydroxyl groups excluding tert-OH is 1. The largest absolute Gasteiger partial charge is 0.387 e. The predicted molar refractivity (Wildman–Crippen MR) is 65.1 cm³/mol. The van der Waals surface area contributed by atoms with Gasteiger partial charge in [0.05, 0.1) is 19.6 Å². The van der Waals surface area contributed by atoms with Crippen molar-refractivity contribution in [1.29, 1.82) is 0 Å². The molecule has 0 aromatic carbocycles. The zero-order chi connectivity index (χ0) is 13.4. The number of ether oxygens (including phenoxy) is 3. The molecule has 1 atom stereocenters. The molecule has 1 aliphatic heterocycles. The maximum atomic E-state index is 11.9. The smallest absolute Gasteiger partial charge is 0.225 e. The van der Waals surface area contributed by atoms with Gasteiger partial charge in [-0.05, 0) is 13.8 Å². The van der Waals surface area contributed by atoms with Crippen molar-refractivity contribution in [2.45, 2.75) is 32.7 Å². The zero-order valence-electron chi connectivity index (χ0n) is 11.1. The minimum atomic E-state index is -0.930. The fraction of sp³-hybridized carbons (Fsp3) is 0.917. The van der Waals surface area contributed by atoms with Gasteiger partial charge in [-0.25, -0.2) is 0 Å². The van der Waals surface area contributed by atoms with Crippen LogP contribution in [0.3, 0.4) is 0 Å². The summed E-state index contributed by atoms with van der Waals surface area (Å²) in [5, 5.41) is 9.94. The number of carbonyl (C=O) groups excluding carboxylic acids is 1. The van der Waals surface area contributed by atoms with E-state index >= 15 is 0 Å². The number of carbonyl (C=O) groups is 1. The second kappa shape index (κ2) is 8.42. The summed E-state index contributed by atoms with van der Waals surface area (Å²) in [6.45, 7) is 6.80. The number of rotatable bonds is 7. The summed E-state index contributed by atoms with van der Waals surface area (Å²) < 4.78 is 15.7. The molecule has 0 saturated carbocycles. The second-order valence-corrected chi connectivity index (χ2v) is 4.04. The minimum Gasteiger partial charge on any atom is -0.387 e. The first-order chi connectivity index (χ1) is 8.69. The molecule has 106 valence electrons. The van der Waals surface area contributed by atoms with Crippen molar-refractivity contribution in [3.05, 3.63) is 0 Å². The van der Waals surface area contributed by atoms with Crippen LogP contribution in [-0.4, -0.2) is 67.8 Å². The van der Waals surface area contributed by atoms with E-state index < -0.39 is 12.4 Å². The summed E-state index contributed by atoms with van der Waals surface area (Å²) in [7, 11) is 0. The summed E-state index contributed by atoms with van der Waals surface area (Å²) >= 11 is 0. The lowest BCUT2D eigenvalue weighted by atomic mass is 10.2. The summed E-state index contributed by atoms with van der Waals surface area (Å²) in [5.74, 6) is -0.0878. The van der Waals surface area contributed by atoms with Gasteiger partial charge < -0.3 is 24.2 Å². The van der Waals surface area contributed by atoms with Crippen LogP contribution in [0.4, 0.5) is 0 Å². The van der Waals surface area contributed by atoms with E-state index in [4.69, 9.17) is 14.2 Å². The van der Waals surface area contributed by atoms with Crippen LogP contribution >= 0.6 is 0 Å². The van der Waals surface area contributed by atoms with Crippen molar-refractivity contribution in [2.24, 2.45) is 0 Å². The van der Waals surface area contributed by atoms with Gasteiger partial charge in [0, 0.05) is 26.3 Å². The van der Waals surface area contributed by atoms with E-state index in [0.29, 0.717) is 39.5 Å². The van der Waals surface area contributed by atoms with Gasteiger partial charge in [0.2, 0.25) is 5.91 Å². The van der Waals surface area contributed by atoms with Crippen molar-refractivity contribution in [1.82, 2.24) is 4.90 Å². The highest BCUT2D eigenvalue weighted by Crippen LogP contribution is 2.09. The highest BCUT2D eigenvalue weighted by Gasteiger charge is 2.26. The lowest BCUT2D eigenvalue weighted by Gasteiger charge is -2.29. The third-order valence-corrected chi connectivity index (χ3v) is 2.72. The van der Waals surface area contributed by atoms with Crippen LogP contribution in [0.5, 0.6) is 0 Å². The van der Waals surface area contributed by atoms with Crippen molar-refractivity contribution in [3.8, 4) is 0 Å². The second-order valence-electron chi connectivity index (χ2n) is 4.04. The highest BCUT2D eigenvalue weighted by molar-refractivity contribution is 5.76. The van der Waals surface area contributed by atoms with E-state index in [1.54, 1.807) is 4.90 Å². The number of hydrogen-bond donors (Lipinski definition) is 1. The number of morpholine rings is 1. The van der Waals surface area contributed by atoms with Crippen LogP contribution in [0.1, 0.15) is 20.3 Å². The fourth-order valence-corrected chi connectivity index (χ4v) is 1.82. The monoisotopic (exact) mass is 261 g/mol. The molecule has 1 heterocycles. The van der Waals surface area contributed by atoms with Crippen molar-refractivity contribution in [3.63, 3.8) is 0 Å². The molecule has 1 aliphatic rings. The Morgan fingerprint density at radius 2 is 1.83 bits per heavy atom. The van der Waals surface area contributed by atoms with Crippen LogP contribution in [0.25, 0.3) is 0 Å². The van der Waals surface area contributed by atoms with E-state index in [2.05, 4.69) is 0 Å². The van der Waals surface area contributed by atoms with Gasteiger partial charge in [-0.15, -0.1) is 0 Å². The van der Waals surface area contributed by atoms with E-state index in [0.717, 1.165) is 0 Å². The van der Waals surface area contributed by atoms with Crippen molar-refractivity contribution in [2.75, 3.05) is 39.5 Å². The Morgan fingerprint density at radius 3 is 2.33 bits per heavy atom. The molecular weight excluding hydrogens is 238 g/mol. The third kappa shape index (κ3) is 4.89. The Kier molecular flexibility index (Phi) is 7.19.